The normalized spacial score (nSPS) is 14.8. The quantitative estimate of drug-likeness (QED) is 0.255. The lowest BCUT2D eigenvalue weighted by molar-refractivity contribution is -0.139. The van der Waals surface area contributed by atoms with Crippen LogP contribution in [0.25, 0.3) is 0 Å². The fraction of sp³-hybridized carbons (Fsp3) is 0.346. The number of hydrogen-bond donors (Lipinski definition) is 3. The molecule has 0 aliphatic carbocycles. The van der Waals surface area contributed by atoms with Crippen molar-refractivity contribution in [2.45, 2.75) is 32.7 Å². The van der Waals surface area contributed by atoms with E-state index in [2.05, 4.69) is 31.9 Å². The van der Waals surface area contributed by atoms with Crippen LogP contribution in [0.3, 0.4) is 0 Å². The molecule has 9 nitrogen and oxygen atoms in total. The predicted molar refractivity (Wildman–Crippen MR) is 148 cm³/mol. The maximum atomic E-state index is 13.0. The Kier molecular flexibility index (Phi) is 10.2. The highest BCUT2D eigenvalue weighted by Crippen LogP contribution is 2.40. The third-order valence-corrected chi connectivity index (χ3v) is 6.39. The zero-order valence-electron chi connectivity index (χ0n) is 21.1. The summed E-state index contributed by atoms with van der Waals surface area (Å²) in [6.07, 6.45) is 1.44. The molecule has 0 aromatic heterocycles. The van der Waals surface area contributed by atoms with Gasteiger partial charge >= 0.3 is 5.97 Å². The van der Waals surface area contributed by atoms with Gasteiger partial charge in [0.25, 0.3) is 5.91 Å². The number of anilines is 1. The molecule has 2 aromatic carbocycles. The van der Waals surface area contributed by atoms with Gasteiger partial charge in [0.05, 0.1) is 38.1 Å². The summed E-state index contributed by atoms with van der Waals surface area (Å²) in [5.41, 5.74) is 2.40. The maximum Gasteiger partial charge on any atom is 0.338 e. The summed E-state index contributed by atoms with van der Waals surface area (Å²) in [5.74, 6) is 0.474. The molecule has 0 fully saturated rings. The van der Waals surface area contributed by atoms with E-state index < -0.39 is 12.0 Å². The number of ether oxygens (including phenoxy) is 4. The maximum absolute atomic E-state index is 13.0. The monoisotopic (exact) mass is 591 g/mol. The number of allylic oxidation sites excluding steroid dienone is 1. The van der Waals surface area contributed by atoms with Crippen LogP contribution in [0.4, 0.5) is 5.69 Å². The van der Waals surface area contributed by atoms with Gasteiger partial charge < -0.3 is 34.9 Å². The molecule has 0 spiro atoms. The van der Waals surface area contributed by atoms with E-state index in [0.29, 0.717) is 55.8 Å². The Balaban J connectivity index is 1.87. The van der Waals surface area contributed by atoms with Crippen molar-refractivity contribution >= 4 is 50.8 Å². The topological polar surface area (TPSA) is 107 Å². The molecule has 0 unspecified atom stereocenters. The lowest BCUT2D eigenvalue weighted by Crippen LogP contribution is -2.46. The number of esters is 1. The van der Waals surface area contributed by atoms with E-state index in [-0.39, 0.29) is 19.1 Å². The first-order chi connectivity index (χ1) is 17.8. The molecule has 0 saturated heterocycles. The number of methoxy groups -OCH3 is 2. The first kappa shape index (κ1) is 28.3. The lowest BCUT2D eigenvalue weighted by Gasteiger charge is -2.32. The van der Waals surface area contributed by atoms with Gasteiger partial charge in [-0.15, -0.1) is 0 Å². The standard InChI is InChI=1S/C26H30BrN3O6S/c1-5-9-18-23(25(32)35-6-2)24(30-26(37)29-18)15-12-20(34-4)21(13-16(15)27)36-14-22(31)28-17-10-7-8-11-19(17)33-3/h7-8,10-13,24H,5-6,9,14H2,1-4H3,(H,28,31)(H2,29,30,37)/t24-/m0/s1. The number of hydrogen-bond acceptors (Lipinski definition) is 7. The second-order valence-electron chi connectivity index (χ2n) is 7.96. The Morgan fingerprint density at radius 3 is 2.49 bits per heavy atom. The third-order valence-electron chi connectivity index (χ3n) is 5.48. The zero-order chi connectivity index (χ0) is 26.9. The van der Waals surface area contributed by atoms with Crippen molar-refractivity contribution in [1.29, 1.82) is 0 Å². The number of para-hydroxylation sites is 2. The Bertz CT molecular complexity index is 1200. The van der Waals surface area contributed by atoms with Gasteiger partial charge in [0, 0.05) is 10.2 Å². The van der Waals surface area contributed by atoms with E-state index in [1.807, 2.05) is 13.0 Å². The van der Waals surface area contributed by atoms with E-state index in [1.165, 1.54) is 14.2 Å². The van der Waals surface area contributed by atoms with Crippen LogP contribution in [0, 0.1) is 0 Å². The van der Waals surface area contributed by atoms with Gasteiger partial charge in [-0.1, -0.05) is 41.4 Å². The lowest BCUT2D eigenvalue weighted by atomic mass is 9.93. The summed E-state index contributed by atoms with van der Waals surface area (Å²) in [6, 6.07) is 9.95. The van der Waals surface area contributed by atoms with Crippen molar-refractivity contribution in [1.82, 2.24) is 10.6 Å². The number of nitrogens with one attached hydrogen (secondary N) is 3. The second kappa shape index (κ2) is 13.3. The zero-order valence-corrected chi connectivity index (χ0v) is 23.5. The van der Waals surface area contributed by atoms with Crippen LogP contribution in [-0.4, -0.2) is 44.4 Å². The molecule has 2 aromatic rings. The van der Waals surface area contributed by atoms with E-state index in [1.54, 1.807) is 37.3 Å². The van der Waals surface area contributed by atoms with Gasteiger partial charge in [-0.25, -0.2) is 4.79 Å². The van der Waals surface area contributed by atoms with Crippen LogP contribution in [0.2, 0.25) is 0 Å². The summed E-state index contributed by atoms with van der Waals surface area (Å²) in [7, 11) is 3.03. The van der Waals surface area contributed by atoms with Gasteiger partial charge in [-0.05, 0) is 55.4 Å². The number of carbonyl (C=O) groups is 2. The van der Waals surface area contributed by atoms with Crippen LogP contribution >= 0.6 is 28.1 Å². The minimum atomic E-state index is -0.583. The molecular weight excluding hydrogens is 562 g/mol. The van der Waals surface area contributed by atoms with Gasteiger partial charge in [0.2, 0.25) is 0 Å². The summed E-state index contributed by atoms with van der Waals surface area (Å²) >= 11 is 9.01. The molecule has 1 amide bonds. The molecule has 198 valence electrons. The number of benzene rings is 2. The van der Waals surface area contributed by atoms with Crippen molar-refractivity contribution in [3.63, 3.8) is 0 Å². The average Bonchev–Trinajstić information content (AvgIpc) is 2.87. The highest BCUT2D eigenvalue weighted by atomic mass is 79.9. The van der Waals surface area contributed by atoms with E-state index in [9.17, 15) is 9.59 Å². The number of thiocarbonyl (C=S) groups is 1. The first-order valence-electron chi connectivity index (χ1n) is 11.7. The van der Waals surface area contributed by atoms with Crippen LogP contribution in [0.1, 0.15) is 38.3 Å². The molecule has 1 heterocycles. The van der Waals surface area contributed by atoms with Gasteiger partial charge in [-0.2, -0.15) is 0 Å². The van der Waals surface area contributed by atoms with E-state index in [0.717, 1.165) is 6.42 Å². The van der Waals surface area contributed by atoms with Crippen LogP contribution in [0.5, 0.6) is 17.2 Å². The highest BCUT2D eigenvalue weighted by molar-refractivity contribution is 9.10. The molecule has 11 heteroatoms. The van der Waals surface area contributed by atoms with Crippen molar-refractivity contribution in [2.75, 3.05) is 32.8 Å². The number of rotatable bonds is 11. The van der Waals surface area contributed by atoms with E-state index >= 15 is 0 Å². The molecule has 0 radical (unpaired) electrons. The summed E-state index contributed by atoms with van der Waals surface area (Å²) in [4.78, 5) is 25.5. The van der Waals surface area contributed by atoms with Crippen molar-refractivity contribution in [3.05, 3.63) is 57.7 Å². The molecule has 3 N–H and O–H groups in total. The third kappa shape index (κ3) is 6.92. The highest BCUT2D eigenvalue weighted by Gasteiger charge is 2.34. The van der Waals surface area contributed by atoms with Crippen LogP contribution < -0.4 is 30.2 Å². The largest absolute Gasteiger partial charge is 0.495 e. The predicted octanol–water partition coefficient (Wildman–Crippen LogP) is 4.62. The Labute approximate surface area is 230 Å². The number of carbonyl (C=O) groups excluding carboxylic acids is 2. The minimum Gasteiger partial charge on any atom is -0.495 e. The first-order valence-corrected chi connectivity index (χ1v) is 12.9. The molecule has 37 heavy (non-hydrogen) atoms. The fourth-order valence-electron chi connectivity index (χ4n) is 3.87. The summed E-state index contributed by atoms with van der Waals surface area (Å²) in [5, 5.41) is 9.44. The van der Waals surface area contributed by atoms with Gasteiger partial charge in [0.15, 0.2) is 23.2 Å². The number of halogens is 1. The Morgan fingerprint density at radius 1 is 1.08 bits per heavy atom. The van der Waals surface area contributed by atoms with Crippen molar-refractivity contribution < 1.29 is 28.5 Å². The Morgan fingerprint density at radius 2 is 1.81 bits per heavy atom. The average molecular weight is 593 g/mol. The smallest absolute Gasteiger partial charge is 0.338 e. The summed E-state index contributed by atoms with van der Waals surface area (Å²) in [6.45, 7) is 3.76. The molecule has 3 rings (SSSR count). The van der Waals surface area contributed by atoms with Gasteiger partial charge in [-0.3, -0.25) is 4.79 Å². The van der Waals surface area contributed by atoms with Crippen molar-refractivity contribution in [3.8, 4) is 17.2 Å². The van der Waals surface area contributed by atoms with Gasteiger partial charge in [0.1, 0.15) is 5.75 Å². The van der Waals surface area contributed by atoms with Crippen molar-refractivity contribution in [2.24, 2.45) is 0 Å². The Hall–Kier alpha value is -3.31. The fourth-order valence-corrected chi connectivity index (χ4v) is 4.66. The molecule has 1 aliphatic heterocycles. The molecule has 0 bridgehead atoms. The molecule has 1 aliphatic rings. The minimum absolute atomic E-state index is 0.243. The van der Waals surface area contributed by atoms with E-state index in [4.69, 9.17) is 31.2 Å². The molecular formula is C26H30BrN3O6S. The van der Waals surface area contributed by atoms with Crippen LogP contribution in [0.15, 0.2) is 52.1 Å². The van der Waals surface area contributed by atoms with Crippen LogP contribution in [-0.2, 0) is 14.3 Å². The number of amides is 1. The molecule has 1 atom stereocenters. The molecule has 0 saturated carbocycles. The SMILES string of the molecule is CCCC1=C(C(=O)OCC)[C@H](c2cc(OC)c(OCC(=O)Nc3ccccc3OC)cc2Br)NC(=S)N1. The second-order valence-corrected chi connectivity index (χ2v) is 9.22. The summed E-state index contributed by atoms with van der Waals surface area (Å²) < 4.78 is 22.6.